The molecule has 1 aromatic rings. The summed E-state index contributed by atoms with van der Waals surface area (Å²) in [6.45, 7) is 1.37. The number of nitriles is 1. The Labute approximate surface area is 118 Å². The fourth-order valence-electron chi connectivity index (χ4n) is 2.41. The molecule has 19 heavy (non-hydrogen) atoms. The van der Waals surface area contributed by atoms with Gasteiger partial charge in [-0.1, -0.05) is 23.7 Å². The van der Waals surface area contributed by atoms with E-state index in [1.165, 1.54) is 0 Å². The Hall–Kier alpha value is -1.53. The summed E-state index contributed by atoms with van der Waals surface area (Å²) in [6, 6.07) is 9.86. The van der Waals surface area contributed by atoms with E-state index >= 15 is 0 Å². The Morgan fingerprint density at radius 1 is 1.53 bits per heavy atom. The van der Waals surface area contributed by atoms with Gasteiger partial charge in [-0.25, -0.2) is 0 Å². The topological polar surface area (TPSA) is 44.1 Å². The monoisotopic (exact) mass is 276 g/mol. The van der Waals surface area contributed by atoms with E-state index in [9.17, 15) is 4.79 Å². The summed E-state index contributed by atoms with van der Waals surface area (Å²) in [7, 11) is 0. The lowest BCUT2D eigenvalue weighted by molar-refractivity contribution is -0.132. The molecular weight excluding hydrogens is 260 g/mol. The molecule has 1 heterocycles. The lowest BCUT2D eigenvalue weighted by Gasteiger charge is -2.29. The Kier molecular flexibility index (Phi) is 4.81. The number of carbonyl (C=O) groups is 1. The van der Waals surface area contributed by atoms with Crippen molar-refractivity contribution in [2.45, 2.75) is 25.7 Å². The molecule has 1 saturated heterocycles. The van der Waals surface area contributed by atoms with Crippen LogP contribution in [0.1, 0.15) is 24.8 Å². The van der Waals surface area contributed by atoms with Gasteiger partial charge in [0.05, 0.1) is 12.0 Å². The van der Waals surface area contributed by atoms with Gasteiger partial charge in [0, 0.05) is 24.5 Å². The van der Waals surface area contributed by atoms with Gasteiger partial charge in [0.1, 0.15) is 0 Å². The molecule has 1 atom stereocenters. The first-order valence-corrected chi connectivity index (χ1v) is 6.98. The first-order valence-electron chi connectivity index (χ1n) is 6.61. The summed E-state index contributed by atoms with van der Waals surface area (Å²) in [5.74, 6) is 0.142. The minimum Gasteiger partial charge on any atom is -0.341 e. The molecule has 100 valence electrons. The molecule has 2 rings (SSSR count). The maximum absolute atomic E-state index is 12.1. The largest absolute Gasteiger partial charge is 0.341 e. The van der Waals surface area contributed by atoms with Crippen molar-refractivity contribution >= 4 is 17.5 Å². The number of hydrogen-bond donors (Lipinski definition) is 0. The van der Waals surface area contributed by atoms with E-state index in [4.69, 9.17) is 16.9 Å². The highest BCUT2D eigenvalue weighted by Gasteiger charge is 2.22. The summed E-state index contributed by atoms with van der Waals surface area (Å²) in [4.78, 5) is 13.9. The number of piperidine rings is 1. The number of benzene rings is 1. The number of nitrogens with zero attached hydrogens (tertiary/aromatic N) is 2. The van der Waals surface area contributed by atoms with Gasteiger partial charge in [-0.05, 0) is 37.0 Å². The van der Waals surface area contributed by atoms with Crippen molar-refractivity contribution in [1.82, 2.24) is 4.90 Å². The van der Waals surface area contributed by atoms with Crippen LogP contribution in [0.3, 0.4) is 0 Å². The zero-order chi connectivity index (χ0) is 13.7. The van der Waals surface area contributed by atoms with Crippen molar-refractivity contribution in [2.24, 2.45) is 5.92 Å². The molecule has 0 radical (unpaired) electrons. The van der Waals surface area contributed by atoms with Crippen LogP contribution in [0.15, 0.2) is 24.3 Å². The van der Waals surface area contributed by atoms with Crippen molar-refractivity contribution in [3.63, 3.8) is 0 Å². The Bertz CT molecular complexity index is 495. The summed E-state index contributed by atoms with van der Waals surface area (Å²) in [5.41, 5.74) is 1.08. The maximum atomic E-state index is 12.1. The fourth-order valence-corrected chi connectivity index (χ4v) is 2.62. The summed E-state index contributed by atoms with van der Waals surface area (Å²) < 4.78 is 0. The van der Waals surface area contributed by atoms with Gasteiger partial charge in [0.15, 0.2) is 0 Å². The van der Waals surface area contributed by atoms with Gasteiger partial charge in [-0.2, -0.15) is 5.26 Å². The first-order chi connectivity index (χ1) is 9.19. The Morgan fingerprint density at radius 2 is 2.37 bits per heavy atom. The standard InChI is InChI=1S/C15H17ClN2O/c16-14-5-1-3-12(9-14)6-7-15(19)18-8-2-4-13(10-17)11-18/h1,3,5,9,13H,2,4,6-8,11H2/t13-/m0/s1. The van der Waals surface area contributed by atoms with Crippen LogP contribution in [0.25, 0.3) is 0 Å². The van der Waals surface area contributed by atoms with Crippen LogP contribution in [0.5, 0.6) is 0 Å². The summed E-state index contributed by atoms with van der Waals surface area (Å²) in [5, 5.41) is 9.63. The second-order valence-electron chi connectivity index (χ2n) is 4.94. The minimum atomic E-state index is 0.00358. The number of carbonyl (C=O) groups excluding carboxylic acids is 1. The third kappa shape index (κ3) is 3.97. The molecule has 0 bridgehead atoms. The quantitative estimate of drug-likeness (QED) is 0.852. The highest BCUT2D eigenvalue weighted by molar-refractivity contribution is 6.30. The van der Waals surface area contributed by atoms with Crippen LogP contribution in [0.2, 0.25) is 5.02 Å². The van der Waals surface area contributed by atoms with E-state index in [1.807, 2.05) is 29.2 Å². The van der Waals surface area contributed by atoms with E-state index in [1.54, 1.807) is 0 Å². The SMILES string of the molecule is N#C[C@@H]1CCCN(C(=O)CCc2cccc(Cl)c2)C1. The van der Waals surface area contributed by atoms with E-state index in [2.05, 4.69) is 6.07 Å². The molecule has 0 aliphatic carbocycles. The fraction of sp³-hybridized carbons (Fsp3) is 0.467. The van der Waals surface area contributed by atoms with Crippen LogP contribution >= 0.6 is 11.6 Å². The van der Waals surface area contributed by atoms with Crippen LogP contribution in [0.4, 0.5) is 0 Å². The second-order valence-corrected chi connectivity index (χ2v) is 5.37. The third-order valence-electron chi connectivity index (χ3n) is 3.47. The zero-order valence-electron chi connectivity index (χ0n) is 10.8. The smallest absolute Gasteiger partial charge is 0.222 e. The normalized spacial score (nSPS) is 18.9. The molecule has 1 aliphatic rings. The molecule has 3 nitrogen and oxygen atoms in total. The number of amides is 1. The number of halogens is 1. The third-order valence-corrected chi connectivity index (χ3v) is 3.71. The van der Waals surface area contributed by atoms with Crippen LogP contribution in [0, 0.1) is 17.2 Å². The first kappa shape index (κ1) is 13.9. The summed E-state index contributed by atoms with van der Waals surface area (Å²) in [6.07, 6.45) is 3.03. The van der Waals surface area contributed by atoms with Gasteiger partial charge >= 0.3 is 0 Å². The maximum Gasteiger partial charge on any atom is 0.222 e. The number of hydrogen-bond acceptors (Lipinski definition) is 2. The molecule has 0 N–H and O–H groups in total. The predicted octanol–water partition coefficient (Wildman–Crippen LogP) is 3.03. The van der Waals surface area contributed by atoms with Crippen molar-refractivity contribution in [2.75, 3.05) is 13.1 Å². The number of aryl methyl sites for hydroxylation is 1. The van der Waals surface area contributed by atoms with Crippen molar-refractivity contribution < 1.29 is 4.79 Å². The van der Waals surface area contributed by atoms with Gasteiger partial charge in [0.25, 0.3) is 0 Å². The predicted molar refractivity (Wildman–Crippen MR) is 74.7 cm³/mol. The van der Waals surface area contributed by atoms with Crippen LogP contribution in [-0.2, 0) is 11.2 Å². The molecule has 1 aromatic carbocycles. The van der Waals surface area contributed by atoms with Crippen LogP contribution in [-0.4, -0.2) is 23.9 Å². The number of rotatable bonds is 3. The van der Waals surface area contributed by atoms with E-state index in [0.29, 0.717) is 24.4 Å². The summed E-state index contributed by atoms with van der Waals surface area (Å²) >= 11 is 5.92. The molecular formula is C15H17ClN2O. The second kappa shape index (κ2) is 6.58. The van der Waals surface area contributed by atoms with Gasteiger partial charge < -0.3 is 4.90 Å². The zero-order valence-corrected chi connectivity index (χ0v) is 11.6. The molecule has 1 aliphatic heterocycles. The molecule has 0 spiro atoms. The van der Waals surface area contributed by atoms with Gasteiger partial charge in [-0.3, -0.25) is 4.79 Å². The molecule has 1 fully saturated rings. The van der Waals surface area contributed by atoms with Crippen LogP contribution < -0.4 is 0 Å². The minimum absolute atomic E-state index is 0.00358. The van der Waals surface area contributed by atoms with Gasteiger partial charge in [0.2, 0.25) is 5.91 Å². The molecule has 0 aromatic heterocycles. The lowest BCUT2D eigenvalue weighted by Crippen LogP contribution is -2.39. The van der Waals surface area contributed by atoms with Gasteiger partial charge in [-0.15, -0.1) is 0 Å². The average molecular weight is 277 g/mol. The van der Waals surface area contributed by atoms with Crippen molar-refractivity contribution in [3.05, 3.63) is 34.9 Å². The molecule has 1 amide bonds. The Balaban J connectivity index is 1.86. The van der Waals surface area contributed by atoms with Crippen molar-refractivity contribution in [3.8, 4) is 6.07 Å². The lowest BCUT2D eigenvalue weighted by atomic mass is 9.99. The highest BCUT2D eigenvalue weighted by atomic mass is 35.5. The van der Waals surface area contributed by atoms with E-state index < -0.39 is 0 Å². The molecule has 4 heteroatoms. The highest BCUT2D eigenvalue weighted by Crippen LogP contribution is 2.17. The van der Waals surface area contributed by atoms with E-state index in [0.717, 1.165) is 24.9 Å². The molecule has 0 unspecified atom stereocenters. The number of likely N-dealkylation sites (tertiary alicyclic amines) is 1. The molecule has 0 saturated carbocycles. The van der Waals surface area contributed by atoms with E-state index in [-0.39, 0.29) is 11.8 Å². The van der Waals surface area contributed by atoms with Crippen molar-refractivity contribution in [1.29, 1.82) is 5.26 Å². The Morgan fingerprint density at radius 3 is 3.11 bits per heavy atom. The average Bonchev–Trinajstić information content (AvgIpc) is 2.45.